The molecule has 0 aliphatic carbocycles. The van der Waals surface area contributed by atoms with Gasteiger partial charge in [0, 0.05) is 18.6 Å². The predicted octanol–water partition coefficient (Wildman–Crippen LogP) is 2.89. The van der Waals surface area contributed by atoms with E-state index in [4.69, 9.17) is 4.74 Å². The Morgan fingerprint density at radius 2 is 2.20 bits per heavy atom. The van der Waals surface area contributed by atoms with Gasteiger partial charge < -0.3 is 14.6 Å². The number of anilines is 1. The Balaban J connectivity index is 1.54. The number of nitrogens with zero attached hydrogens (tertiary/aromatic N) is 4. The monoisotopic (exact) mass is 375 g/mol. The van der Waals surface area contributed by atoms with Crippen LogP contribution in [0.15, 0.2) is 41.0 Å². The molecular weight excluding hydrogens is 358 g/mol. The summed E-state index contributed by atoms with van der Waals surface area (Å²) in [5, 5.41) is 14.1. The predicted molar refractivity (Wildman–Crippen MR) is 98.0 cm³/mol. The van der Waals surface area contributed by atoms with Gasteiger partial charge in [0.05, 0.1) is 5.75 Å². The molecule has 130 valence electrons. The molecule has 2 heterocycles. The molecule has 3 rings (SSSR count). The number of hydrogen-bond acceptors (Lipinski definition) is 7. The zero-order chi connectivity index (χ0) is 17.6. The van der Waals surface area contributed by atoms with Crippen LogP contribution >= 0.6 is 23.1 Å². The zero-order valence-corrected chi connectivity index (χ0v) is 15.4. The van der Waals surface area contributed by atoms with Crippen LogP contribution in [0.3, 0.4) is 0 Å². The number of aromatic nitrogens is 4. The summed E-state index contributed by atoms with van der Waals surface area (Å²) in [7, 11) is 1.86. The van der Waals surface area contributed by atoms with Crippen molar-refractivity contribution in [3.8, 4) is 5.75 Å². The molecule has 0 radical (unpaired) electrons. The number of carbonyl (C=O) groups excluding carboxylic acids is 1. The third-order valence-corrected chi connectivity index (χ3v) is 5.10. The molecule has 0 unspecified atom stereocenters. The van der Waals surface area contributed by atoms with Crippen LogP contribution in [0.2, 0.25) is 0 Å². The van der Waals surface area contributed by atoms with Crippen LogP contribution < -0.4 is 10.1 Å². The highest BCUT2D eigenvalue weighted by atomic mass is 32.2. The highest BCUT2D eigenvalue weighted by Gasteiger charge is 2.13. The molecule has 7 nitrogen and oxygen atoms in total. The molecule has 3 aromatic rings. The van der Waals surface area contributed by atoms with Crippen LogP contribution in [0.1, 0.15) is 11.4 Å². The molecular formula is C16H17N5O2S2. The summed E-state index contributed by atoms with van der Waals surface area (Å²) in [6.45, 7) is 2.31. The molecule has 2 aromatic heterocycles. The van der Waals surface area contributed by atoms with Crippen molar-refractivity contribution in [2.24, 2.45) is 7.05 Å². The molecule has 0 bridgehead atoms. The first-order valence-corrected chi connectivity index (χ1v) is 9.39. The molecule has 1 amide bonds. The minimum Gasteiger partial charge on any atom is -0.485 e. The standard InChI is InChI=1S/C16H17N5O2S2/c1-11-5-3-4-6-12(11)23-9-13-19-20-16(21(13)2)25-10-14(22)18-15-17-7-8-24-15/h3-8H,9-10H2,1-2H3,(H,17,18,22). The third kappa shape index (κ3) is 4.58. The van der Waals surface area contributed by atoms with E-state index in [1.165, 1.54) is 23.1 Å². The number of thiazole rings is 1. The van der Waals surface area contributed by atoms with E-state index in [0.29, 0.717) is 22.7 Å². The molecule has 9 heteroatoms. The smallest absolute Gasteiger partial charge is 0.236 e. The van der Waals surface area contributed by atoms with Gasteiger partial charge in [-0.25, -0.2) is 4.98 Å². The van der Waals surface area contributed by atoms with Crippen molar-refractivity contribution in [3.05, 3.63) is 47.2 Å². The van der Waals surface area contributed by atoms with Gasteiger partial charge >= 0.3 is 0 Å². The minimum atomic E-state index is -0.124. The maximum Gasteiger partial charge on any atom is 0.236 e. The Bertz CT molecular complexity index is 848. The number of ether oxygens (including phenoxy) is 1. The topological polar surface area (TPSA) is 81.9 Å². The number of aryl methyl sites for hydroxylation is 1. The van der Waals surface area contributed by atoms with E-state index in [0.717, 1.165) is 11.3 Å². The molecule has 0 saturated carbocycles. The summed E-state index contributed by atoms with van der Waals surface area (Å²) in [4.78, 5) is 15.9. The summed E-state index contributed by atoms with van der Waals surface area (Å²) in [6.07, 6.45) is 1.65. The number of hydrogen-bond donors (Lipinski definition) is 1. The SMILES string of the molecule is Cc1ccccc1OCc1nnc(SCC(=O)Nc2nccs2)n1C. The van der Waals surface area contributed by atoms with Crippen LogP contribution in [0.4, 0.5) is 5.13 Å². The quantitative estimate of drug-likeness (QED) is 0.640. The summed E-state index contributed by atoms with van der Waals surface area (Å²) in [5.74, 6) is 1.64. The Kier molecular flexibility index (Phi) is 5.67. The highest BCUT2D eigenvalue weighted by molar-refractivity contribution is 7.99. The van der Waals surface area contributed by atoms with Gasteiger partial charge in [-0.05, 0) is 18.6 Å². The number of amides is 1. The summed E-state index contributed by atoms with van der Waals surface area (Å²) < 4.78 is 7.63. The Morgan fingerprint density at radius 1 is 1.36 bits per heavy atom. The van der Waals surface area contributed by atoms with Crippen LogP contribution in [0.5, 0.6) is 5.75 Å². The molecule has 0 atom stereocenters. The van der Waals surface area contributed by atoms with Crippen LogP contribution in [0, 0.1) is 6.92 Å². The average molecular weight is 375 g/mol. The molecule has 1 N–H and O–H groups in total. The molecule has 0 spiro atoms. The van der Waals surface area contributed by atoms with Crippen molar-refractivity contribution in [2.45, 2.75) is 18.7 Å². The number of rotatable bonds is 7. The lowest BCUT2D eigenvalue weighted by molar-refractivity contribution is -0.113. The van der Waals surface area contributed by atoms with Gasteiger partial charge in [-0.15, -0.1) is 21.5 Å². The van der Waals surface area contributed by atoms with Crippen molar-refractivity contribution in [2.75, 3.05) is 11.1 Å². The highest BCUT2D eigenvalue weighted by Crippen LogP contribution is 2.20. The fourth-order valence-corrected chi connectivity index (χ4v) is 3.30. The fourth-order valence-electron chi connectivity index (χ4n) is 2.03. The summed E-state index contributed by atoms with van der Waals surface area (Å²) in [6, 6.07) is 7.82. The summed E-state index contributed by atoms with van der Waals surface area (Å²) in [5.41, 5.74) is 1.07. The van der Waals surface area contributed by atoms with Crippen molar-refractivity contribution < 1.29 is 9.53 Å². The van der Waals surface area contributed by atoms with E-state index in [-0.39, 0.29) is 11.7 Å². The van der Waals surface area contributed by atoms with E-state index >= 15 is 0 Å². The number of thioether (sulfide) groups is 1. The van der Waals surface area contributed by atoms with Crippen LogP contribution in [-0.4, -0.2) is 31.4 Å². The molecule has 0 fully saturated rings. The van der Waals surface area contributed by atoms with Gasteiger partial charge in [0.1, 0.15) is 12.4 Å². The number of para-hydroxylation sites is 1. The van der Waals surface area contributed by atoms with Gasteiger partial charge in [0.15, 0.2) is 16.1 Å². The van der Waals surface area contributed by atoms with E-state index in [2.05, 4.69) is 20.5 Å². The Hall–Kier alpha value is -2.39. The zero-order valence-electron chi connectivity index (χ0n) is 13.8. The number of benzene rings is 1. The maximum absolute atomic E-state index is 11.9. The van der Waals surface area contributed by atoms with Gasteiger partial charge in [0.2, 0.25) is 5.91 Å². The first kappa shape index (κ1) is 17.4. The summed E-state index contributed by atoms with van der Waals surface area (Å²) >= 11 is 2.71. The van der Waals surface area contributed by atoms with Gasteiger partial charge in [-0.1, -0.05) is 30.0 Å². The fraction of sp³-hybridized carbons (Fsp3) is 0.250. The third-order valence-electron chi connectivity index (χ3n) is 3.39. The van der Waals surface area contributed by atoms with E-state index < -0.39 is 0 Å². The molecule has 0 aliphatic heterocycles. The Morgan fingerprint density at radius 3 is 2.96 bits per heavy atom. The maximum atomic E-state index is 11.9. The second kappa shape index (κ2) is 8.13. The second-order valence-corrected chi connectivity index (χ2v) is 7.02. The van der Waals surface area contributed by atoms with Crippen LogP contribution in [-0.2, 0) is 18.4 Å². The molecule has 25 heavy (non-hydrogen) atoms. The van der Waals surface area contributed by atoms with Crippen LogP contribution in [0.25, 0.3) is 0 Å². The first-order chi connectivity index (χ1) is 12.1. The van der Waals surface area contributed by atoms with Crippen molar-refractivity contribution >= 4 is 34.1 Å². The van der Waals surface area contributed by atoms with Crippen molar-refractivity contribution in [1.82, 2.24) is 19.7 Å². The molecule has 0 aliphatic rings. The van der Waals surface area contributed by atoms with Gasteiger partial charge in [-0.3, -0.25) is 4.79 Å². The van der Waals surface area contributed by atoms with Gasteiger partial charge in [-0.2, -0.15) is 0 Å². The molecule has 1 aromatic carbocycles. The van der Waals surface area contributed by atoms with Gasteiger partial charge in [0.25, 0.3) is 0 Å². The lowest BCUT2D eigenvalue weighted by Gasteiger charge is -2.08. The first-order valence-electron chi connectivity index (χ1n) is 7.52. The number of carbonyl (C=O) groups is 1. The largest absolute Gasteiger partial charge is 0.485 e. The molecule has 0 saturated heterocycles. The average Bonchev–Trinajstić information content (AvgIpc) is 3.23. The van der Waals surface area contributed by atoms with E-state index in [9.17, 15) is 4.79 Å². The van der Waals surface area contributed by atoms with E-state index in [1.807, 2.05) is 48.2 Å². The second-order valence-electron chi connectivity index (χ2n) is 5.19. The minimum absolute atomic E-state index is 0.124. The lowest BCUT2D eigenvalue weighted by Crippen LogP contribution is -2.14. The van der Waals surface area contributed by atoms with E-state index in [1.54, 1.807) is 6.20 Å². The Labute approximate surface area is 153 Å². The van der Waals surface area contributed by atoms with Crippen molar-refractivity contribution in [1.29, 1.82) is 0 Å². The number of nitrogens with one attached hydrogen (secondary N) is 1. The normalized spacial score (nSPS) is 10.6. The van der Waals surface area contributed by atoms with Crippen molar-refractivity contribution in [3.63, 3.8) is 0 Å². The lowest BCUT2D eigenvalue weighted by atomic mass is 10.2.